The van der Waals surface area contributed by atoms with Crippen LogP contribution in [0.3, 0.4) is 0 Å². The van der Waals surface area contributed by atoms with Gasteiger partial charge in [-0.25, -0.2) is 9.78 Å². The maximum atomic E-state index is 10.9. The van der Waals surface area contributed by atoms with Gasteiger partial charge in [-0.3, -0.25) is 9.38 Å². The number of ether oxygens (including phenoxy) is 1. The fraction of sp³-hybridized carbons (Fsp3) is 0.100. The van der Waals surface area contributed by atoms with Crippen LogP contribution in [0.25, 0.3) is 11.7 Å². The number of carbonyl (C=O) groups is 1. The number of imidazole rings is 1. The lowest BCUT2D eigenvalue weighted by atomic mass is 10.4. The smallest absolute Gasteiger partial charge is 0.330 e. The molecular formula is C10H9N3O2. The molecule has 0 unspecified atom stereocenters. The highest BCUT2D eigenvalue weighted by Crippen LogP contribution is 2.06. The lowest BCUT2D eigenvalue weighted by Gasteiger charge is -1.94. The normalized spacial score (nSPS) is 11.0. The van der Waals surface area contributed by atoms with Crippen LogP contribution in [-0.4, -0.2) is 27.4 Å². The van der Waals surface area contributed by atoms with Crippen molar-refractivity contribution in [1.82, 2.24) is 14.4 Å². The fourth-order valence-corrected chi connectivity index (χ4v) is 1.21. The molecule has 5 heteroatoms. The molecule has 2 rings (SSSR count). The van der Waals surface area contributed by atoms with E-state index in [1.54, 1.807) is 30.9 Å². The lowest BCUT2D eigenvalue weighted by molar-refractivity contribution is -0.134. The molecule has 0 spiro atoms. The number of aromatic nitrogens is 3. The van der Waals surface area contributed by atoms with Crippen molar-refractivity contribution in [2.24, 2.45) is 0 Å². The van der Waals surface area contributed by atoms with Gasteiger partial charge in [-0.1, -0.05) is 0 Å². The molecule has 0 aliphatic carbocycles. The van der Waals surface area contributed by atoms with E-state index in [9.17, 15) is 4.79 Å². The second-order valence-electron chi connectivity index (χ2n) is 2.84. The van der Waals surface area contributed by atoms with Gasteiger partial charge in [0.25, 0.3) is 0 Å². The Hall–Kier alpha value is -2.17. The minimum absolute atomic E-state index is 0.390. The van der Waals surface area contributed by atoms with E-state index in [4.69, 9.17) is 0 Å². The first kappa shape index (κ1) is 9.39. The molecule has 15 heavy (non-hydrogen) atoms. The molecular weight excluding hydrogens is 194 g/mol. The van der Waals surface area contributed by atoms with Crippen molar-refractivity contribution in [3.8, 4) is 0 Å². The summed E-state index contributed by atoms with van der Waals surface area (Å²) in [6.07, 6.45) is 9.74. The zero-order valence-corrected chi connectivity index (χ0v) is 8.12. The van der Waals surface area contributed by atoms with Crippen LogP contribution < -0.4 is 0 Å². The predicted octanol–water partition coefficient (Wildman–Crippen LogP) is 0.915. The first-order chi connectivity index (χ1) is 7.31. The number of nitrogens with zero attached hydrogens (tertiary/aromatic N) is 3. The maximum absolute atomic E-state index is 10.9. The number of esters is 1. The van der Waals surface area contributed by atoms with Gasteiger partial charge < -0.3 is 4.74 Å². The van der Waals surface area contributed by atoms with E-state index in [2.05, 4.69) is 14.7 Å². The second kappa shape index (κ2) is 3.91. The van der Waals surface area contributed by atoms with Gasteiger partial charge in [-0.15, -0.1) is 0 Å². The summed E-state index contributed by atoms with van der Waals surface area (Å²) in [6, 6.07) is 0. The number of carbonyl (C=O) groups excluding carboxylic acids is 1. The zero-order valence-electron chi connectivity index (χ0n) is 8.12. The summed E-state index contributed by atoms with van der Waals surface area (Å²) in [5.74, 6) is -0.390. The Kier molecular flexibility index (Phi) is 2.45. The van der Waals surface area contributed by atoms with Crippen molar-refractivity contribution >= 4 is 17.7 Å². The third-order valence-corrected chi connectivity index (χ3v) is 1.94. The molecule has 2 aromatic rings. The maximum Gasteiger partial charge on any atom is 0.330 e. The topological polar surface area (TPSA) is 56.5 Å². The van der Waals surface area contributed by atoms with Crippen LogP contribution in [-0.2, 0) is 9.53 Å². The Morgan fingerprint density at radius 3 is 3.20 bits per heavy atom. The van der Waals surface area contributed by atoms with E-state index in [1.165, 1.54) is 13.2 Å². The minimum atomic E-state index is -0.390. The highest BCUT2D eigenvalue weighted by Gasteiger charge is 1.99. The highest BCUT2D eigenvalue weighted by molar-refractivity contribution is 5.86. The van der Waals surface area contributed by atoms with Crippen LogP contribution in [0.4, 0.5) is 0 Å². The van der Waals surface area contributed by atoms with E-state index in [-0.39, 0.29) is 5.97 Å². The number of fused-ring (bicyclic) bond motifs is 1. The van der Waals surface area contributed by atoms with Gasteiger partial charge in [0.2, 0.25) is 0 Å². The van der Waals surface area contributed by atoms with E-state index in [0.717, 1.165) is 11.3 Å². The summed E-state index contributed by atoms with van der Waals surface area (Å²) in [5.41, 5.74) is 1.54. The SMILES string of the molecule is COC(=O)C=Cc1cnc2cnccn12. The summed E-state index contributed by atoms with van der Waals surface area (Å²) in [4.78, 5) is 19.0. The van der Waals surface area contributed by atoms with Gasteiger partial charge in [0.1, 0.15) is 0 Å². The van der Waals surface area contributed by atoms with Gasteiger partial charge in [0.15, 0.2) is 5.65 Å². The number of rotatable bonds is 2. The van der Waals surface area contributed by atoms with Crippen molar-refractivity contribution in [1.29, 1.82) is 0 Å². The van der Waals surface area contributed by atoms with Crippen molar-refractivity contribution in [3.63, 3.8) is 0 Å². The quantitative estimate of drug-likeness (QED) is 0.538. The summed E-state index contributed by atoms with van der Waals surface area (Å²) in [7, 11) is 1.34. The van der Waals surface area contributed by atoms with Crippen molar-refractivity contribution in [2.45, 2.75) is 0 Å². The monoisotopic (exact) mass is 203 g/mol. The predicted molar refractivity (Wildman–Crippen MR) is 54.0 cm³/mol. The van der Waals surface area contributed by atoms with E-state index < -0.39 is 0 Å². The lowest BCUT2D eigenvalue weighted by Crippen LogP contribution is -1.94. The molecule has 0 fully saturated rings. The molecule has 0 amide bonds. The second-order valence-corrected chi connectivity index (χ2v) is 2.84. The molecule has 0 aromatic carbocycles. The molecule has 0 atom stereocenters. The van der Waals surface area contributed by atoms with E-state index in [0.29, 0.717) is 0 Å². The van der Waals surface area contributed by atoms with Gasteiger partial charge in [0, 0.05) is 18.5 Å². The van der Waals surface area contributed by atoms with Gasteiger partial charge in [0.05, 0.1) is 25.2 Å². The Labute approximate surface area is 86.0 Å². The van der Waals surface area contributed by atoms with Gasteiger partial charge >= 0.3 is 5.97 Å². The zero-order chi connectivity index (χ0) is 10.7. The van der Waals surface area contributed by atoms with Crippen molar-refractivity contribution < 1.29 is 9.53 Å². The molecule has 2 heterocycles. The van der Waals surface area contributed by atoms with Crippen LogP contribution in [0, 0.1) is 0 Å². The Morgan fingerprint density at radius 2 is 2.40 bits per heavy atom. The average Bonchev–Trinajstić information content (AvgIpc) is 2.69. The number of methoxy groups -OCH3 is 1. The highest BCUT2D eigenvalue weighted by atomic mass is 16.5. The van der Waals surface area contributed by atoms with Crippen LogP contribution in [0.5, 0.6) is 0 Å². The minimum Gasteiger partial charge on any atom is -0.466 e. The van der Waals surface area contributed by atoms with Crippen molar-refractivity contribution in [3.05, 3.63) is 36.6 Å². The molecule has 0 N–H and O–H groups in total. The first-order valence-electron chi connectivity index (χ1n) is 4.34. The van der Waals surface area contributed by atoms with Crippen molar-refractivity contribution in [2.75, 3.05) is 7.11 Å². The van der Waals surface area contributed by atoms with Crippen LogP contribution >= 0.6 is 0 Å². The fourth-order valence-electron chi connectivity index (χ4n) is 1.21. The molecule has 0 bridgehead atoms. The summed E-state index contributed by atoms with van der Waals surface area (Å²) in [6.45, 7) is 0. The first-order valence-corrected chi connectivity index (χ1v) is 4.34. The molecule has 0 saturated carbocycles. The van der Waals surface area contributed by atoms with Crippen LogP contribution in [0.2, 0.25) is 0 Å². The number of hydrogen-bond acceptors (Lipinski definition) is 4. The molecule has 0 aliphatic heterocycles. The standard InChI is InChI=1S/C10H9N3O2/c1-15-10(14)3-2-8-6-12-9-7-11-4-5-13(8)9/h2-7H,1H3. The number of hydrogen-bond donors (Lipinski definition) is 0. The molecule has 0 aliphatic rings. The molecule has 76 valence electrons. The summed E-state index contributed by atoms with van der Waals surface area (Å²) in [5, 5.41) is 0. The Balaban J connectivity index is 2.36. The van der Waals surface area contributed by atoms with Gasteiger partial charge in [-0.2, -0.15) is 0 Å². The Bertz CT molecular complexity index is 516. The molecule has 2 aromatic heterocycles. The molecule has 0 saturated heterocycles. The summed E-state index contributed by atoms with van der Waals surface area (Å²) < 4.78 is 6.32. The molecule has 0 radical (unpaired) electrons. The third-order valence-electron chi connectivity index (χ3n) is 1.94. The Morgan fingerprint density at radius 1 is 1.53 bits per heavy atom. The largest absolute Gasteiger partial charge is 0.466 e. The van der Waals surface area contributed by atoms with E-state index >= 15 is 0 Å². The summed E-state index contributed by atoms with van der Waals surface area (Å²) >= 11 is 0. The average molecular weight is 203 g/mol. The van der Waals surface area contributed by atoms with Crippen LogP contribution in [0.15, 0.2) is 30.9 Å². The van der Waals surface area contributed by atoms with Crippen LogP contribution in [0.1, 0.15) is 5.69 Å². The van der Waals surface area contributed by atoms with E-state index in [1.807, 2.05) is 4.40 Å². The third kappa shape index (κ3) is 1.85. The molecule has 5 nitrogen and oxygen atoms in total. The van der Waals surface area contributed by atoms with Gasteiger partial charge in [-0.05, 0) is 6.08 Å².